The van der Waals surface area contributed by atoms with Gasteiger partial charge >= 0.3 is 0 Å². The smallest absolute Gasteiger partial charge is 0.269 e. The summed E-state index contributed by atoms with van der Waals surface area (Å²) in [6, 6.07) is 4.71. The molecule has 4 atom stereocenters. The van der Waals surface area contributed by atoms with Crippen LogP contribution in [0.1, 0.15) is 48.7 Å². The number of ether oxygens (including phenoxy) is 8. The van der Waals surface area contributed by atoms with E-state index in [1.54, 1.807) is 18.2 Å². The fourth-order valence-electron chi connectivity index (χ4n) is 4.61. The van der Waals surface area contributed by atoms with E-state index in [0.717, 1.165) is 0 Å². The number of nitrogens with one attached hydrogen (secondary N) is 2. The molecule has 1 aromatic heterocycles. The van der Waals surface area contributed by atoms with Crippen molar-refractivity contribution < 1.29 is 47.5 Å². The summed E-state index contributed by atoms with van der Waals surface area (Å²) in [5, 5.41) is 5.49. The molecule has 0 radical (unpaired) electrons. The Kier molecular flexibility index (Phi) is 10.8. The lowest BCUT2D eigenvalue weighted by molar-refractivity contribution is -0.207. The van der Waals surface area contributed by atoms with Gasteiger partial charge in [-0.2, -0.15) is 0 Å². The number of aromatic nitrogens is 1. The van der Waals surface area contributed by atoms with Crippen LogP contribution in [-0.4, -0.2) is 119 Å². The molecule has 4 rings (SSSR count). The van der Waals surface area contributed by atoms with Crippen molar-refractivity contribution in [3.63, 3.8) is 0 Å². The molecule has 0 aromatic carbocycles. The van der Waals surface area contributed by atoms with Crippen molar-refractivity contribution in [1.82, 2.24) is 15.6 Å². The van der Waals surface area contributed by atoms with E-state index in [9.17, 15) is 9.59 Å². The molecule has 0 unspecified atom stereocenters. The van der Waals surface area contributed by atoms with Gasteiger partial charge in [-0.25, -0.2) is 4.98 Å². The van der Waals surface area contributed by atoms with Crippen molar-refractivity contribution in [3.05, 3.63) is 29.6 Å². The van der Waals surface area contributed by atoms with Gasteiger partial charge in [0.05, 0.1) is 52.9 Å². The lowest BCUT2D eigenvalue weighted by atomic mass is 10.0. The van der Waals surface area contributed by atoms with Gasteiger partial charge in [-0.15, -0.1) is 0 Å². The summed E-state index contributed by atoms with van der Waals surface area (Å²) in [7, 11) is 0. The van der Waals surface area contributed by atoms with E-state index in [2.05, 4.69) is 15.6 Å². The van der Waals surface area contributed by atoms with E-state index in [1.807, 2.05) is 27.7 Å². The van der Waals surface area contributed by atoms with Crippen LogP contribution in [0.4, 0.5) is 0 Å². The van der Waals surface area contributed by atoms with Gasteiger partial charge in [-0.1, -0.05) is 6.07 Å². The number of pyridine rings is 1. The highest BCUT2D eigenvalue weighted by Crippen LogP contribution is 2.32. The summed E-state index contributed by atoms with van der Waals surface area (Å²) >= 11 is 0. The second kappa shape index (κ2) is 14.1. The van der Waals surface area contributed by atoms with Crippen molar-refractivity contribution in [2.75, 3.05) is 65.9 Å². The Morgan fingerprint density at radius 2 is 1.15 bits per heavy atom. The number of nitrogens with zero attached hydrogens (tertiary/aromatic N) is 1. The van der Waals surface area contributed by atoms with Crippen molar-refractivity contribution in [2.45, 2.75) is 63.7 Å². The van der Waals surface area contributed by atoms with E-state index < -0.39 is 47.8 Å². The van der Waals surface area contributed by atoms with Crippen LogP contribution in [-0.2, 0) is 37.9 Å². The van der Waals surface area contributed by atoms with Crippen LogP contribution in [0.25, 0.3) is 0 Å². The fraction of sp³-hybridized carbons (Fsp3) is 0.741. The Hall–Kier alpha value is -2.23. The highest BCUT2D eigenvalue weighted by atomic mass is 16.8. The van der Waals surface area contributed by atoms with Crippen LogP contribution in [0.3, 0.4) is 0 Å². The van der Waals surface area contributed by atoms with Crippen LogP contribution >= 0.6 is 0 Å². The Bertz CT molecular complexity index is 918. The van der Waals surface area contributed by atoms with Crippen LogP contribution in [0.15, 0.2) is 18.2 Å². The third-order valence-corrected chi connectivity index (χ3v) is 6.47. The Balaban J connectivity index is 1.43. The largest absolute Gasteiger partial charge is 0.377 e. The molecule has 13 heteroatoms. The molecule has 0 spiro atoms. The maximum atomic E-state index is 12.5. The predicted molar refractivity (Wildman–Crippen MR) is 140 cm³/mol. The summed E-state index contributed by atoms with van der Waals surface area (Å²) in [6.07, 6.45) is -1.91. The first kappa shape index (κ1) is 30.7. The second-order valence-corrected chi connectivity index (χ2v) is 10.5. The first-order chi connectivity index (χ1) is 19.1. The van der Waals surface area contributed by atoms with Crippen LogP contribution in [0.2, 0.25) is 0 Å². The second-order valence-electron chi connectivity index (χ2n) is 10.5. The normalized spacial score (nSPS) is 31.1. The van der Waals surface area contributed by atoms with Gasteiger partial charge in [0.1, 0.15) is 35.8 Å². The van der Waals surface area contributed by atoms with E-state index in [-0.39, 0.29) is 64.1 Å². The predicted octanol–water partition coefficient (Wildman–Crippen LogP) is 0.661. The minimum absolute atomic E-state index is 0.146. The molecular formula is C27H41N3O10. The third-order valence-electron chi connectivity index (χ3n) is 6.47. The third kappa shape index (κ3) is 8.88. The minimum Gasteiger partial charge on any atom is -0.377 e. The SMILES string of the molecule is CC1(C)OC[C@H]([C@H]2OCCOCCNC(=O)c3cccc(n3)C(=O)NCCOCCO[C@@H]2[C@H]2COC(C)(C)O2)O1. The topological polar surface area (TPSA) is 145 Å². The van der Waals surface area contributed by atoms with Gasteiger partial charge < -0.3 is 48.5 Å². The average molecular weight is 568 g/mol. The van der Waals surface area contributed by atoms with E-state index in [1.165, 1.54) is 0 Å². The number of rotatable bonds is 2. The monoisotopic (exact) mass is 567 g/mol. The summed E-state index contributed by atoms with van der Waals surface area (Å²) in [4.78, 5) is 29.1. The maximum absolute atomic E-state index is 12.5. The van der Waals surface area contributed by atoms with Crippen LogP contribution in [0, 0.1) is 0 Å². The van der Waals surface area contributed by atoms with Crippen molar-refractivity contribution in [3.8, 4) is 0 Å². The van der Waals surface area contributed by atoms with Gasteiger partial charge in [0, 0.05) is 13.1 Å². The molecule has 0 aliphatic carbocycles. The molecule has 3 aliphatic rings. The Morgan fingerprint density at radius 1 is 0.700 bits per heavy atom. The van der Waals surface area contributed by atoms with Gasteiger partial charge in [0.15, 0.2) is 11.6 Å². The summed E-state index contributed by atoms with van der Waals surface area (Å²) < 4.78 is 47.9. The van der Waals surface area contributed by atoms with Crippen molar-refractivity contribution >= 4 is 11.8 Å². The summed E-state index contributed by atoms with van der Waals surface area (Å²) in [5.74, 6) is -2.32. The highest BCUT2D eigenvalue weighted by molar-refractivity contribution is 5.96. The number of hydrogen-bond donors (Lipinski definition) is 2. The molecule has 2 saturated heterocycles. The first-order valence-electron chi connectivity index (χ1n) is 13.7. The number of amides is 2. The van der Waals surface area contributed by atoms with Crippen molar-refractivity contribution in [1.29, 1.82) is 0 Å². The average Bonchev–Trinajstić information content (AvgIpc) is 3.47. The molecule has 2 bridgehead atoms. The van der Waals surface area contributed by atoms with Gasteiger partial charge in [-0.3, -0.25) is 9.59 Å². The quantitative estimate of drug-likeness (QED) is 0.520. The van der Waals surface area contributed by atoms with Crippen LogP contribution in [0.5, 0.6) is 0 Å². The molecule has 2 N–H and O–H groups in total. The molecule has 13 nitrogen and oxygen atoms in total. The van der Waals surface area contributed by atoms with Gasteiger partial charge in [-0.05, 0) is 39.8 Å². The number of carbonyl (C=O) groups is 2. The van der Waals surface area contributed by atoms with Gasteiger partial charge in [0.25, 0.3) is 11.8 Å². The number of carbonyl (C=O) groups excluding carboxylic acids is 2. The van der Waals surface area contributed by atoms with E-state index in [0.29, 0.717) is 13.2 Å². The summed E-state index contributed by atoms with van der Waals surface area (Å²) in [6.45, 7) is 10.2. The zero-order chi connectivity index (χ0) is 28.6. The minimum atomic E-state index is -0.761. The Labute approximate surface area is 234 Å². The zero-order valence-electron chi connectivity index (χ0n) is 23.6. The molecule has 0 saturated carbocycles. The van der Waals surface area contributed by atoms with E-state index in [4.69, 9.17) is 37.9 Å². The fourth-order valence-corrected chi connectivity index (χ4v) is 4.61. The molecular weight excluding hydrogens is 526 g/mol. The van der Waals surface area contributed by atoms with Gasteiger partial charge in [0.2, 0.25) is 0 Å². The van der Waals surface area contributed by atoms with Crippen molar-refractivity contribution in [2.24, 2.45) is 0 Å². The summed E-state index contributed by atoms with van der Waals surface area (Å²) in [5.41, 5.74) is 0.291. The van der Waals surface area contributed by atoms with E-state index >= 15 is 0 Å². The molecule has 1 aromatic rings. The molecule has 4 heterocycles. The standard InChI is InChI=1S/C27H41N3O10/c1-26(2)37-16-20(39-26)22-23(21-17-38-27(3,4)40-21)36-15-13-34-11-9-29-25(32)19-7-5-6-18(30-19)24(31)28-8-10-33-12-14-35-22/h5-7,20-23H,8-17H2,1-4H3,(H,28,31)(H,29,32)/t20-,21-,22-,23-/m1/s1. The molecule has 2 amide bonds. The van der Waals surface area contributed by atoms with Crippen LogP contribution < -0.4 is 10.6 Å². The number of fused-ring (bicyclic) bond motifs is 2. The molecule has 2 fully saturated rings. The maximum Gasteiger partial charge on any atom is 0.269 e. The zero-order valence-corrected chi connectivity index (χ0v) is 23.6. The highest BCUT2D eigenvalue weighted by Gasteiger charge is 2.48. The molecule has 3 aliphatic heterocycles. The first-order valence-corrected chi connectivity index (χ1v) is 13.7. The molecule has 40 heavy (non-hydrogen) atoms. The molecule has 224 valence electrons. The Morgan fingerprint density at radius 3 is 1.55 bits per heavy atom. The lowest BCUT2D eigenvalue weighted by Gasteiger charge is -2.34. The lowest BCUT2D eigenvalue weighted by Crippen LogP contribution is -2.51. The number of hydrogen-bond acceptors (Lipinski definition) is 11.